The van der Waals surface area contributed by atoms with Gasteiger partial charge in [0.2, 0.25) is 0 Å². The fourth-order valence-electron chi connectivity index (χ4n) is 5.21. The molecule has 1 fully saturated rings. The van der Waals surface area contributed by atoms with Gasteiger partial charge in [0.15, 0.2) is 17.2 Å². The number of allylic oxidation sites excluding steroid dienone is 1. The normalized spacial score (nSPS) is 40.9. The number of fused-ring (bicyclic) bond motifs is 2. The van der Waals surface area contributed by atoms with Gasteiger partial charge in [-0.25, -0.2) is 0 Å². The van der Waals surface area contributed by atoms with Gasteiger partial charge in [0.1, 0.15) is 5.60 Å². The summed E-state index contributed by atoms with van der Waals surface area (Å²) in [6, 6.07) is 0. The number of rotatable bonds is 1. The molecule has 3 rings (SSSR count). The lowest BCUT2D eigenvalue weighted by molar-refractivity contribution is -0.151. The fourth-order valence-corrected chi connectivity index (χ4v) is 5.21. The van der Waals surface area contributed by atoms with Crippen LogP contribution in [-0.2, 0) is 19.1 Å². The molecule has 3 aliphatic carbocycles. The van der Waals surface area contributed by atoms with Crippen LogP contribution in [0.5, 0.6) is 0 Å². The van der Waals surface area contributed by atoms with Gasteiger partial charge in [0, 0.05) is 18.4 Å². The second-order valence-corrected chi connectivity index (χ2v) is 9.46. The molecule has 0 aromatic carbocycles. The van der Waals surface area contributed by atoms with Crippen molar-refractivity contribution in [1.82, 2.24) is 0 Å². The van der Waals surface area contributed by atoms with Gasteiger partial charge in [-0.2, -0.15) is 0 Å². The highest BCUT2D eigenvalue weighted by atomic mass is 16.6. The minimum Gasteiger partial charge on any atom is -0.455 e. The van der Waals surface area contributed by atoms with E-state index in [2.05, 4.69) is 13.8 Å². The summed E-state index contributed by atoms with van der Waals surface area (Å²) in [5.74, 6) is -0.713. The Hall–Kier alpha value is -1.75. The number of esters is 1. The Morgan fingerprint density at radius 1 is 1.19 bits per heavy atom. The average molecular weight is 374 g/mol. The summed E-state index contributed by atoms with van der Waals surface area (Å²) < 4.78 is 5.57. The largest absolute Gasteiger partial charge is 0.455 e. The molecule has 5 heteroatoms. The number of ether oxygens (including phenoxy) is 1. The van der Waals surface area contributed by atoms with Crippen molar-refractivity contribution in [2.75, 3.05) is 0 Å². The van der Waals surface area contributed by atoms with Gasteiger partial charge < -0.3 is 9.84 Å². The summed E-state index contributed by atoms with van der Waals surface area (Å²) in [5, 5.41) is 11.2. The molecule has 1 N–H and O–H groups in total. The first-order chi connectivity index (χ1) is 12.3. The molecule has 5 unspecified atom stereocenters. The Kier molecular flexibility index (Phi) is 4.54. The van der Waals surface area contributed by atoms with Crippen LogP contribution in [0.2, 0.25) is 0 Å². The maximum Gasteiger partial charge on any atom is 0.303 e. The maximum atomic E-state index is 13.2. The van der Waals surface area contributed by atoms with Crippen molar-refractivity contribution < 1.29 is 24.2 Å². The van der Waals surface area contributed by atoms with Crippen LogP contribution in [0.1, 0.15) is 60.8 Å². The van der Waals surface area contributed by atoms with Gasteiger partial charge in [0.05, 0.1) is 0 Å². The van der Waals surface area contributed by atoms with E-state index in [0.29, 0.717) is 30.3 Å². The molecule has 0 amide bonds. The third-order valence-electron chi connectivity index (χ3n) is 6.94. The van der Waals surface area contributed by atoms with E-state index in [0.717, 1.165) is 6.42 Å². The van der Waals surface area contributed by atoms with Gasteiger partial charge in [-0.3, -0.25) is 14.4 Å². The van der Waals surface area contributed by atoms with Crippen molar-refractivity contribution in [2.24, 2.45) is 23.2 Å². The number of aliphatic hydroxyl groups is 1. The van der Waals surface area contributed by atoms with Gasteiger partial charge >= 0.3 is 5.97 Å². The highest BCUT2D eigenvalue weighted by molar-refractivity contribution is 6.19. The van der Waals surface area contributed by atoms with Crippen molar-refractivity contribution in [3.05, 3.63) is 23.3 Å². The van der Waals surface area contributed by atoms with E-state index in [1.165, 1.54) is 19.1 Å². The van der Waals surface area contributed by atoms with Crippen LogP contribution < -0.4 is 0 Å². The average Bonchev–Trinajstić information content (AvgIpc) is 2.98. The third kappa shape index (κ3) is 3.20. The summed E-state index contributed by atoms with van der Waals surface area (Å²) in [6.45, 7) is 10.9. The standard InChI is InChI=1S/C22H30O5/c1-12-9-16-15(20(16,4)5)7-8-21(6,27-14(3)23)11-17-18(24)13(2)10-22(17,26)19(12)25/h10-12,15-16,26H,7-9H2,1-6H3. The first-order valence-corrected chi connectivity index (χ1v) is 9.75. The van der Waals surface area contributed by atoms with Crippen molar-refractivity contribution in [3.63, 3.8) is 0 Å². The maximum absolute atomic E-state index is 13.2. The molecule has 27 heavy (non-hydrogen) atoms. The zero-order chi connectivity index (χ0) is 20.4. The summed E-state index contributed by atoms with van der Waals surface area (Å²) in [6.07, 6.45) is 4.96. The summed E-state index contributed by atoms with van der Waals surface area (Å²) in [4.78, 5) is 37.6. The topological polar surface area (TPSA) is 80.7 Å². The smallest absolute Gasteiger partial charge is 0.303 e. The number of carbonyl (C=O) groups excluding carboxylic acids is 3. The number of hydrogen-bond donors (Lipinski definition) is 1. The molecule has 0 radical (unpaired) electrons. The van der Waals surface area contributed by atoms with Crippen molar-refractivity contribution in [3.8, 4) is 0 Å². The molecule has 5 nitrogen and oxygen atoms in total. The van der Waals surface area contributed by atoms with Crippen molar-refractivity contribution in [1.29, 1.82) is 0 Å². The summed E-state index contributed by atoms with van der Waals surface area (Å²) >= 11 is 0. The quantitative estimate of drug-likeness (QED) is 0.713. The molecular formula is C22H30O5. The molecule has 1 saturated carbocycles. The number of hydrogen-bond acceptors (Lipinski definition) is 5. The molecule has 148 valence electrons. The predicted octanol–water partition coefficient (Wildman–Crippen LogP) is 3.16. The molecule has 5 atom stereocenters. The Morgan fingerprint density at radius 3 is 2.41 bits per heavy atom. The number of Topliss-reactive ketones (excluding diaryl/α,β-unsaturated/α-hetero) is 2. The molecule has 0 aromatic rings. The van der Waals surface area contributed by atoms with Crippen LogP contribution in [0, 0.1) is 23.2 Å². The van der Waals surface area contributed by atoms with Crippen LogP contribution in [0.15, 0.2) is 23.3 Å². The molecule has 0 saturated heterocycles. The van der Waals surface area contributed by atoms with E-state index in [-0.39, 0.29) is 28.5 Å². The van der Waals surface area contributed by atoms with Crippen LogP contribution in [-0.4, -0.2) is 33.8 Å². The fraction of sp³-hybridized carbons (Fsp3) is 0.682. The lowest BCUT2D eigenvalue weighted by atomic mass is 9.81. The predicted molar refractivity (Wildman–Crippen MR) is 101 cm³/mol. The van der Waals surface area contributed by atoms with E-state index in [1.807, 2.05) is 6.92 Å². The molecule has 3 aliphatic rings. The van der Waals surface area contributed by atoms with Gasteiger partial charge in [-0.15, -0.1) is 0 Å². The molecule has 0 aliphatic heterocycles. The van der Waals surface area contributed by atoms with Crippen LogP contribution in [0.25, 0.3) is 0 Å². The highest BCUT2D eigenvalue weighted by Crippen LogP contribution is 2.63. The van der Waals surface area contributed by atoms with Crippen LogP contribution >= 0.6 is 0 Å². The minimum atomic E-state index is -1.94. The van der Waals surface area contributed by atoms with Crippen molar-refractivity contribution >= 4 is 17.5 Å². The van der Waals surface area contributed by atoms with E-state index in [1.54, 1.807) is 13.8 Å². The van der Waals surface area contributed by atoms with Gasteiger partial charge in [0.25, 0.3) is 0 Å². The van der Waals surface area contributed by atoms with E-state index in [9.17, 15) is 19.5 Å². The third-order valence-corrected chi connectivity index (χ3v) is 6.94. The van der Waals surface area contributed by atoms with Gasteiger partial charge in [-0.05, 0) is 68.1 Å². The number of carbonyl (C=O) groups is 3. The molecule has 0 heterocycles. The zero-order valence-corrected chi connectivity index (χ0v) is 17.1. The molecule has 0 bridgehead atoms. The van der Waals surface area contributed by atoms with Crippen molar-refractivity contribution in [2.45, 2.75) is 72.0 Å². The lowest BCUT2D eigenvalue weighted by Gasteiger charge is -2.30. The lowest BCUT2D eigenvalue weighted by Crippen LogP contribution is -2.43. The molecular weight excluding hydrogens is 344 g/mol. The van der Waals surface area contributed by atoms with Crippen LogP contribution in [0.4, 0.5) is 0 Å². The first kappa shape index (κ1) is 20.0. The Bertz CT molecular complexity index is 774. The highest BCUT2D eigenvalue weighted by Gasteiger charge is 2.59. The minimum absolute atomic E-state index is 0.0235. The second-order valence-electron chi connectivity index (χ2n) is 9.46. The summed E-state index contributed by atoms with van der Waals surface area (Å²) in [7, 11) is 0. The van der Waals surface area contributed by atoms with E-state index in [4.69, 9.17) is 4.74 Å². The van der Waals surface area contributed by atoms with Crippen LogP contribution in [0.3, 0.4) is 0 Å². The summed E-state index contributed by atoms with van der Waals surface area (Å²) in [5.41, 5.74) is -2.50. The second kappa shape index (κ2) is 6.13. The Balaban J connectivity index is 2.11. The molecule has 0 spiro atoms. The van der Waals surface area contributed by atoms with E-state index < -0.39 is 17.2 Å². The Morgan fingerprint density at radius 2 is 1.81 bits per heavy atom. The SMILES string of the molecule is CC(=O)OC1(C)C=C2C(=O)C(C)=CC2(O)C(=O)C(C)CC2C(CC1)C2(C)C. The molecule has 0 aromatic heterocycles. The first-order valence-electron chi connectivity index (χ1n) is 9.75. The van der Waals surface area contributed by atoms with Gasteiger partial charge in [-0.1, -0.05) is 20.8 Å². The number of ketones is 2. The zero-order valence-electron chi connectivity index (χ0n) is 17.1. The monoisotopic (exact) mass is 374 g/mol. The Labute approximate surface area is 160 Å². The van der Waals surface area contributed by atoms with E-state index >= 15 is 0 Å².